The Hall–Kier alpha value is -1.17. The molecule has 1 fully saturated rings. The standard InChI is InChI=1S/C13H18FNO3/c14-9-3-1-5-11(7-9)18-13(12(16)17)6-2-4-10(15)8-13/h1,3,5,7,10,12,16-17H,2,4,6,8,15H2. The van der Waals surface area contributed by atoms with Crippen molar-refractivity contribution in [2.24, 2.45) is 5.73 Å². The van der Waals surface area contributed by atoms with Crippen LogP contribution in [-0.2, 0) is 0 Å². The minimum atomic E-state index is -1.63. The van der Waals surface area contributed by atoms with E-state index in [9.17, 15) is 14.6 Å². The van der Waals surface area contributed by atoms with Crippen molar-refractivity contribution in [2.45, 2.75) is 43.6 Å². The number of aliphatic hydroxyl groups is 2. The molecule has 0 saturated heterocycles. The summed E-state index contributed by atoms with van der Waals surface area (Å²) in [5.41, 5.74) is 4.72. The molecule has 18 heavy (non-hydrogen) atoms. The van der Waals surface area contributed by atoms with Crippen molar-refractivity contribution in [2.75, 3.05) is 0 Å². The van der Waals surface area contributed by atoms with Crippen LogP contribution in [0.5, 0.6) is 5.75 Å². The van der Waals surface area contributed by atoms with Gasteiger partial charge in [-0.25, -0.2) is 4.39 Å². The first-order valence-electron chi connectivity index (χ1n) is 6.08. The summed E-state index contributed by atoms with van der Waals surface area (Å²) in [6.07, 6.45) is 0.803. The molecule has 0 bridgehead atoms. The van der Waals surface area contributed by atoms with Crippen molar-refractivity contribution in [1.82, 2.24) is 0 Å². The lowest BCUT2D eigenvalue weighted by Crippen LogP contribution is -2.53. The number of hydrogen-bond acceptors (Lipinski definition) is 4. The third-order valence-corrected chi connectivity index (χ3v) is 3.37. The van der Waals surface area contributed by atoms with E-state index in [-0.39, 0.29) is 11.8 Å². The van der Waals surface area contributed by atoms with Crippen LogP contribution in [0.1, 0.15) is 25.7 Å². The van der Waals surface area contributed by atoms with Gasteiger partial charge in [0.15, 0.2) is 11.9 Å². The third kappa shape index (κ3) is 2.80. The Morgan fingerprint density at radius 1 is 1.44 bits per heavy atom. The molecule has 100 valence electrons. The lowest BCUT2D eigenvalue weighted by Gasteiger charge is -2.41. The molecule has 0 heterocycles. The maximum Gasteiger partial charge on any atom is 0.192 e. The van der Waals surface area contributed by atoms with E-state index in [4.69, 9.17) is 10.5 Å². The zero-order chi connectivity index (χ0) is 13.2. The van der Waals surface area contributed by atoms with Gasteiger partial charge in [0.25, 0.3) is 0 Å². The molecule has 2 rings (SSSR count). The summed E-state index contributed by atoms with van der Waals surface area (Å²) in [6.45, 7) is 0. The van der Waals surface area contributed by atoms with Crippen molar-refractivity contribution in [3.05, 3.63) is 30.1 Å². The predicted molar refractivity (Wildman–Crippen MR) is 64.4 cm³/mol. The molecule has 1 aliphatic rings. The average Bonchev–Trinajstić information content (AvgIpc) is 2.28. The highest BCUT2D eigenvalue weighted by Crippen LogP contribution is 2.34. The van der Waals surface area contributed by atoms with Gasteiger partial charge in [0, 0.05) is 18.5 Å². The summed E-state index contributed by atoms with van der Waals surface area (Å²) in [6, 6.07) is 5.51. The second-order valence-corrected chi connectivity index (χ2v) is 4.85. The largest absolute Gasteiger partial charge is 0.482 e. The topological polar surface area (TPSA) is 75.7 Å². The van der Waals surface area contributed by atoms with Crippen LogP contribution >= 0.6 is 0 Å². The highest BCUT2D eigenvalue weighted by Gasteiger charge is 2.43. The molecule has 4 N–H and O–H groups in total. The SMILES string of the molecule is NC1CCCC(Oc2cccc(F)c2)(C(O)O)C1. The summed E-state index contributed by atoms with van der Waals surface area (Å²) in [7, 11) is 0. The molecule has 0 spiro atoms. The Kier molecular flexibility index (Phi) is 3.85. The Bertz CT molecular complexity index is 413. The fourth-order valence-electron chi connectivity index (χ4n) is 2.46. The van der Waals surface area contributed by atoms with E-state index in [0.29, 0.717) is 12.8 Å². The molecular formula is C13H18FNO3. The molecule has 0 aromatic heterocycles. The van der Waals surface area contributed by atoms with Gasteiger partial charge in [-0.15, -0.1) is 0 Å². The van der Waals surface area contributed by atoms with E-state index in [2.05, 4.69) is 0 Å². The normalized spacial score (nSPS) is 28.4. The minimum absolute atomic E-state index is 0.130. The molecular weight excluding hydrogens is 237 g/mol. The minimum Gasteiger partial charge on any atom is -0.482 e. The van der Waals surface area contributed by atoms with Gasteiger partial charge >= 0.3 is 0 Å². The van der Waals surface area contributed by atoms with E-state index in [1.165, 1.54) is 18.2 Å². The molecule has 0 aliphatic heterocycles. The van der Waals surface area contributed by atoms with Gasteiger partial charge in [-0.1, -0.05) is 6.07 Å². The van der Waals surface area contributed by atoms with Crippen molar-refractivity contribution < 1.29 is 19.3 Å². The molecule has 4 nitrogen and oxygen atoms in total. The Balaban J connectivity index is 2.20. The second kappa shape index (κ2) is 5.22. The first kappa shape index (κ1) is 13.3. The van der Waals surface area contributed by atoms with E-state index in [1.807, 2.05) is 0 Å². The number of hydrogen-bond donors (Lipinski definition) is 3. The maximum absolute atomic E-state index is 13.1. The lowest BCUT2D eigenvalue weighted by atomic mass is 9.81. The first-order chi connectivity index (χ1) is 8.52. The van der Waals surface area contributed by atoms with Crippen molar-refractivity contribution in [3.8, 4) is 5.75 Å². The van der Waals surface area contributed by atoms with Gasteiger partial charge < -0.3 is 20.7 Å². The predicted octanol–water partition coefficient (Wildman–Crippen LogP) is 1.16. The molecule has 0 radical (unpaired) electrons. The number of rotatable bonds is 3. The fourth-order valence-corrected chi connectivity index (χ4v) is 2.46. The molecule has 0 amide bonds. The van der Waals surface area contributed by atoms with Crippen LogP contribution in [0.25, 0.3) is 0 Å². The molecule has 5 heteroatoms. The number of aliphatic hydroxyl groups excluding tert-OH is 1. The van der Waals surface area contributed by atoms with Crippen molar-refractivity contribution in [3.63, 3.8) is 0 Å². The number of benzene rings is 1. The van der Waals surface area contributed by atoms with Gasteiger partial charge in [0.1, 0.15) is 11.6 Å². The van der Waals surface area contributed by atoms with Crippen molar-refractivity contribution in [1.29, 1.82) is 0 Å². The zero-order valence-electron chi connectivity index (χ0n) is 10.1. The highest BCUT2D eigenvalue weighted by molar-refractivity contribution is 5.23. The molecule has 1 aromatic carbocycles. The van der Waals surface area contributed by atoms with Crippen LogP contribution in [0.15, 0.2) is 24.3 Å². The number of ether oxygens (including phenoxy) is 1. The smallest absolute Gasteiger partial charge is 0.192 e. The number of halogens is 1. The molecule has 2 unspecified atom stereocenters. The molecule has 1 saturated carbocycles. The van der Waals surface area contributed by atoms with E-state index in [1.54, 1.807) is 6.07 Å². The van der Waals surface area contributed by atoms with Gasteiger partial charge in [-0.3, -0.25) is 0 Å². The molecule has 1 aromatic rings. The Morgan fingerprint density at radius 2 is 2.22 bits per heavy atom. The fraction of sp³-hybridized carbons (Fsp3) is 0.538. The quantitative estimate of drug-likeness (QED) is 0.708. The Labute approximate surface area is 105 Å². The highest BCUT2D eigenvalue weighted by atomic mass is 19.1. The van der Waals surface area contributed by atoms with E-state index in [0.717, 1.165) is 12.8 Å². The second-order valence-electron chi connectivity index (χ2n) is 4.85. The maximum atomic E-state index is 13.1. The third-order valence-electron chi connectivity index (χ3n) is 3.37. The molecule has 2 atom stereocenters. The van der Waals surface area contributed by atoms with Crippen molar-refractivity contribution >= 4 is 0 Å². The van der Waals surface area contributed by atoms with E-state index < -0.39 is 17.7 Å². The first-order valence-corrected chi connectivity index (χ1v) is 6.08. The van der Waals surface area contributed by atoms with Crippen LogP contribution in [0, 0.1) is 5.82 Å². The zero-order valence-corrected chi connectivity index (χ0v) is 10.1. The van der Waals surface area contributed by atoms with Crippen LogP contribution in [-0.4, -0.2) is 28.1 Å². The summed E-state index contributed by atoms with van der Waals surface area (Å²) in [5.74, 6) is -0.132. The van der Waals surface area contributed by atoms with E-state index >= 15 is 0 Å². The van der Waals surface area contributed by atoms with Crippen LogP contribution < -0.4 is 10.5 Å². The average molecular weight is 255 g/mol. The van der Waals surface area contributed by atoms with Gasteiger partial charge in [0.05, 0.1) is 0 Å². The van der Waals surface area contributed by atoms with Gasteiger partial charge in [-0.05, 0) is 31.4 Å². The van der Waals surface area contributed by atoms with Gasteiger partial charge in [-0.2, -0.15) is 0 Å². The summed E-state index contributed by atoms with van der Waals surface area (Å²) in [5, 5.41) is 19.1. The van der Waals surface area contributed by atoms with Gasteiger partial charge in [0.2, 0.25) is 0 Å². The van der Waals surface area contributed by atoms with Crippen LogP contribution in [0.4, 0.5) is 4.39 Å². The lowest BCUT2D eigenvalue weighted by molar-refractivity contribution is -0.184. The summed E-state index contributed by atoms with van der Waals surface area (Å²) in [4.78, 5) is 0. The summed E-state index contributed by atoms with van der Waals surface area (Å²) >= 11 is 0. The monoisotopic (exact) mass is 255 g/mol. The molecule has 1 aliphatic carbocycles. The van der Waals surface area contributed by atoms with Crippen LogP contribution in [0.3, 0.4) is 0 Å². The number of nitrogens with two attached hydrogens (primary N) is 1. The Morgan fingerprint density at radius 3 is 2.83 bits per heavy atom. The van der Waals surface area contributed by atoms with Crippen LogP contribution in [0.2, 0.25) is 0 Å². The summed E-state index contributed by atoms with van der Waals surface area (Å²) < 4.78 is 18.7.